The lowest BCUT2D eigenvalue weighted by Gasteiger charge is -2.10. The molecule has 0 atom stereocenters. The number of pyridine rings is 1. The predicted molar refractivity (Wildman–Crippen MR) is 125 cm³/mol. The summed E-state index contributed by atoms with van der Waals surface area (Å²) in [6, 6.07) is 32.2. The first-order chi connectivity index (χ1) is 15.8. The van der Waals surface area contributed by atoms with Crippen LogP contribution in [0.2, 0.25) is 0 Å². The van der Waals surface area contributed by atoms with E-state index in [0.717, 1.165) is 33.8 Å². The van der Waals surface area contributed by atoms with Crippen molar-refractivity contribution in [2.75, 3.05) is 0 Å². The number of aromatic nitrogens is 3. The van der Waals surface area contributed by atoms with E-state index in [1.807, 2.05) is 78.9 Å². The smallest absolute Gasteiger partial charge is 0.153 e. The Labute approximate surface area is 185 Å². The molecule has 4 nitrogen and oxygen atoms in total. The van der Waals surface area contributed by atoms with Crippen molar-refractivity contribution in [1.82, 2.24) is 14.8 Å². The summed E-state index contributed by atoms with van der Waals surface area (Å²) in [5.74, 6) is 0.314. The van der Waals surface area contributed by atoms with Crippen LogP contribution in [0.5, 0.6) is 0 Å². The molecule has 0 unspecified atom stereocenters. The van der Waals surface area contributed by atoms with Gasteiger partial charge in [-0.05, 0) is 42.5 Å². The van der Waals surface area contributed by atoms with E-state index in [1.54, 1.807) is 29.2 Å². The Morgan fingerprint density at radius 3 is 2.03 bits per heavy atom. The second-order valence-corrected chi connectivity index (χ2v) is 7.20. The minimum Gasteiger partial charge on any atom is -0.237 e. The molecule has 2 heterocycles. The van der Waals surface area contributed by atoms with Gasteiger partial charge < -0.3 is 0 Å². The molecule has 154 valence electrons. The first-order valence-corrected chi connectivity index (χ1v) is 10.2. The van der Waals surface area contributed by atoms with Crippen molar-refractivity contribution in [3.05, 3.63) is 132 Å². The molecule has 3 aromatic carbocycles. The van der Waals surface area contributed by atoms with E-state index in [-0.39, 0.29) is 5.82 Å². The quantitative estimate of drug-likeness (QED) is 0.317. The summed E-state index contributed by atoms with van der Waals surface area (Å²) in [6.45, 7) is 0. The normalized spacial score (nSPS) is 10.7. The largest absolute Gasteiger partial charge is 0.237 e. The lowest BCUT2D eigenvalue weighted by molar-refractivity contribution is 0.627. The molecule has 5 rings (SSSR count). The molecule has 2 aromatic heterocycles. The van der Waals surface area contributed by atoms with Crippen LogP contribution in [0.3, 0.4) is 0 Å². The summed E-state index contributed by atoms with van der Waals surface area (Å²) < 4.78 is 15.1. The van der Waals surface area contributed by atoms with Crippen LogP contribution >= 0.6 is 0 Å². The van der Waals surface area contributed by atoms with Crippen LogP contribution in [-0.4, -0.2) is 20.5 Å². The molecular formula is C27H19FN4. The van der Waals surface area contributed by atoms with Gasteiger partial charge in [0.2, 0.25) is 0 Å². The molecular weight excluding hydrogens is 399 g/mol. The zero-order valence-electron chi connectivity index (χ0n) is 17.1. The molecule has 0 saturated carbocycles. The molecule has 0 aliphatic carbocycles. The van der Waals surface area contributed by atoms with Crippen LogP contribution in [0.4, 0.5) is 10.2 Å². The Morgan fingerprint density at radius 2 is 1.38 bits per heavy atom. The number of nitrogens with zero attached hydrogens (tertiary/aromatic N) is 4. The van der Waals surface area contributed by atoms with Crippen molar-refractivity contribution in [3.63, 3.8) is 0 Å². The lowest BCUT2D eigenvalue weighted by atomic mass is 10.0. The monoisotopic (exact) mass is 418 g/mol. The summed E-state index contributed by atoms with van der Waals surface area (Å²) in [5.41, 5.74) is 5.45. The van der Waals surface area contributed by atoms with Crippen LogP contribution in [0.25, 0.3) is 16.9 Å². The maximum absolute atomic E-state index is 13.4. The van der Waals surface area contributed by atoms with E-state index in [4.69, 9.17) is 4.99 Å². The van der Waals surface area contributed by atoms with Gasteiger partial charge in [-0.15, -0.1) is 0 Å². The Bertz CT molecular complexity index is 1320. The number of aliphatic imine (C=N–C) groups is 1. The molecule has 0 amide bonds. The molecule has 0 aliphatic heterocycles. The first kappa shape index (κ1) is 19.6. The highest BCUT2D eigenvalue weighted by Gasteiger charge is 2.11. The number of hydrogen-bond donors (Lipinski definition) is 0. The fourth-order valence-corrected chi connectivity index (χ4v) is 3.55. The van der Waals surface area contributed by atoms with Gasteiger partial charge in [0, 0.05) is 22.9 Å². The molecule has 0 N–H and O–H groups in total. The summed E-state index contributed by atoms with van der Waals surface area (Å²) in [6.07, 6.45) is 3.46. The van der Waals surface area contributed by atoms with Crippen LogP contribution < -0.4 is 0 Å². The van der Waals surface area contributed by atoms with Crippen LogP contribution in [0.1, 0.15) is 11.1 Å². The standard InChI is InChI=1S/C27H19FN4/c28-23-11-13-24(14-12-23)32-25(16-18-30-32)22-15-17-29-26(19-22)31-27(20-7-3-1-4-8-20)21-9-5-2-6-10-21/h1-19H. The van der Waals surface area contributed by atoms with Crippen molar-refractivity contribution >= 4 is 11.5 Å². The Hall–Kier alpha value is -4.38. The average molecular weight is 418 g/mol. The first-order valence-electron chi connectivity index (χ1n) is 10.2. The lowest BCUT2D eigenvalue weighted by Crippen LogP contribution is -2.03. The summed E-state index contributed by atoms with van der Waals surface area (Å²) in [4.78, 5) is 9.40. The average Bonchev–Trinajstić information content (AvgIpc) is 3.34. The predicted octanol–water partition coefficient (Wildman–Crippen LogP) is 6.24. The van der Waals surface area contributed by atoms with Crippen LogP contribution in [0, 0.1) is 5.82 Å². The second-order valence-electron chi connectivity index (χ2n) is 7.20. The van der Waals surface area contributed by atoms with Gasteiger partial charge in [-0.2, -0.15) is 5.10 Å². The minimum atomic E-state index is -0.280. The Balaban J connectivity index is 1.58. The van der Waals surface area contributed by atoms with Gasteiger partial charge in [0.05, 0.1) is 23.3 Å². The minimum absolute atomic E-state index is 0.280. The van der Waals surface area contributed by atoms with Gasteiger partial charge in [-0.3, -0.25) is 0 Å². The number of halogens is 1. The SMILES string of the molecule is Fc1ccc(-n2nccc2-c2ccnc(N=C(c3ccccc3)c3ccccc3)c2)cc1. The fraction of sp³-hybridized carbons (Fsp3) is 0. The van der Waals surface area contributed by atoms with Gasteiger partial charge in [-0.25, -0.2) is 19.0 Å². The van der Waals surface area contributed by atoms with Crippen molar-refractivity contribution < 1.29 is 4.39 Å². The van der Waals surface area contributed by atoms with E-state index < -0.39 is 0 Å². The molecule has 0 bridgehead atoms. The van der Waals surface area contributed by atoms with E-state index in [9.17, 15) is 4.39 Å². The number of rotatable bonds is 5. The number of hydrogen-bond acceptors (Lipinski definition) is 3. The molecule has 0 saturated heterocycles. The van der Waals surface area contributed by atoms with Crippen molar-refractivity contribution in [2.24, 2.45) is 4.99 Å². The summed E-state index contributed by atoms with van der Waals surface area (Å²) in [7, 11) is 0. The maximum atomic E-state index is 13.4. The Morgan fingerprint density at radius 1 is 0.719 bits per heavy atom. The van der Waals surface area contributed by atoms with Crippen molar-refractivity contribution in [1.29, 1.82) is 0 Å². The van der Waals surface area contributed by atoms with Crippen molar-refractivity contribution in [2.45, 2.75) is 0 Å². The van der Waals surface area contributed by atoms with Crippen LogP contribution in [-0.2, 0) is 0 Å². The van der Waals surface area contributed by atoms with Gasteiger partial charge in [-0.1, -0.05) is 60.7 Å². The van der Waals surface area contributed by atoms with Gasteiger partial charge >= 0.3 is 0 Å². The van der Waals surface area contributed by atoms with Crippen LogP contribution in [0.15, 0.2) is 121 Å². The van der Waals surface area contributed by atoms with E-state index in [1.165, 1.54) is 12.1 Å². The molecule has 0 fully saturated rings. The third-order valence-corrected chi connectivity index (χ3v) is 5.08. The second kappa shape index (κ2) is 8.78. The maximum Gasteiger partial charge on any atom is 0.153 e. The van der Waals surface area contributed by atoms with E-state index in [0.29, 0.717) is 5.82 Å². The molecule has 32 heavy (non-hydrogen) atoms. The Kier molecular flexibility index (Phi) is 5.37. The fourth-order valence-electron chi connectivity index (χ4n) is 3.55. The molecule has 0 radical (unpaired) electrons. The highest BCUT2D eigenvalue weighted by molar-refractivity contribution is 6.13. The molecule has 5 heteroatoms. The third-order valence-electron chi connectivity index (χ3n) is 5.08. The van der Waals surface area contributed by atoms with E-state index >= 15 is 0 Å². The number of benzene rings is 3. The highest BCUT2D eigenvalue weighted by Crippen LogP contribution is 2.26. The van der Waals surface area contributed by atoms with E-state index in [2.05, 4.69) is 10.1 Å². The topological polar surface area (TPSA) is 43.1 Å². The summed E-state index contributed by atoms with van der Waals surface area (Å²) in [5, 5.41) is 4.42. The zero-order valence-corrected chi connectivity index (χ0v) is 17.1. The third kappa shape index (κ3) is 4.09. The molecule has 0 aliphatic rings. The van der Waals surface area contributed by atoms with Gasteiger partial charge in [0.1, 0.15) is 5.82 Å². The van der Waals surface area contributed by atoms with Gasteiger partial charge in [0.25, 0.3) is 0 Å². The molecule has 5 aromatic rings. The van der Waals surface area contributed by atoms with Gasteiger partial charge in [0.15, 0.2) is 5.82 Å². The zero-order chi connectivity index (χ0) is 21.8. The molecule has 0 spiro atoms. The van der Waals surface area contributed by atoms with Crippen molar-refractivity contribution in [3.8, 4) is 16.9 Å². The summed E-state index contributed by atoms with van der Waals surface area (Å²) >= 11 is 0. The highest BCUT2D eigenvalue weighted by atomic mass is 19.1.